The van der Waals surface area contributed by atoms with Crippen LogP contribution in [0.2, 0.25) is 0 Å². The van der Waals surface area contributed by atoms with Crippen LogP contribution in [0.3, 0.4) is 0 Å². The number of ether oxygens (including phenoxy) is 3. The van der Waals surface area contributed by atoms with Gasteiger partial charge in [0.05, 0.1) is 25.4 Å². The number of carbonyl (C=O) groups excluding carboxylic acids is 1. The number of nitrogens with zero attached hydrogens (tertiary/aromatic N) is 2. The molecule has 0 aliphatic carbocycles. The molecule has 0 aromatic carbocycles. The Labute approximate surface area is 144 Å². The normalized spacial score (nSPS) is 37.1. The summed E-state index contributed by atoms with van der Waals surface area (Å²) in [7, 11) is 0. The van der Waals surface area contributed by atoms with Gasteiger partial charge in [-0.1, -0.05) is 0 Å². The molecule has 6 heteroatoms. The van der Waals surface area contributed by atoms with E-state index in [0.717, 1.165) is 65.0 Å². The highest BCUT2D eigenvalue weighted by molar-refractivity contribution is 5.77. The molecule has 0 aromatic heterocycles. The minimum Gasteiger partial charge on any atom is -0.380 e. The summed E-state index contributed by atoms with van der Waals surface area (Å²) in [6, 6.07) is 1.15. The SMILES string of the molecule is O=C(COC[C@H]1CC[C@H]2[C@H](CCN2[C@@H]2CCOC2)O1)N1CCCC1. The van der Waals surface area contributed by atoms with Crippen LogP contribution in [-0.4, -0.2) is 86.1 Å². The largest absolute Gasteiger partial charge is 0.380 e. The van der Waals surface area contributed by atoms with E-state index in [1.807, 2.05) is 4.90 Å². The van der Waals surface area contributed by atoms with Crippen molar-refractivity contribution in [2.75, 3.05) is 46.1 Å². The first-order valence-corrected chi connectivity index (χ1v) is 9.66. The van der Waals surface area contributed by atoms with Crippen LogP contribution in [0.1, 0.15) is 38.5 Å². The molecule has 6 nitrogen and oxygen atoms in total. The van der Waals surface area contributed by atoms with E-state index < -0.39 is 0 Å². The van der Waals surface area contributed by atoms with Crippen LogP contribution in [0.15, 0.2) is 0 Å². The maximum atomic E-state index is 12.0. The molecule has 0 N–H and O–H groups in total. The van der Waals surface area contributed by atoms with Crippen molar-refractivity contribution in [3.05, 3.63) is 0 Å². The first kappa shape index (κ1) is 16.8. The molecule has 0 radical (unpaired) electrons. The van der Waals surface area contributed by atoms with Gasteiger partial charge < -0.3 is 19.1 Å². The highest BCUT2D eigenvalue weighted by Crippen LogP contribution is 2.34. The highest BCUT2D eigenvalue weighted by atomic mass is 16.5. The molecule has 0 aromatic rings. The predicted octanol–water partition coefficient (Wildman–Crippen LogP) is 1.04. The van der Waals surface area contributed by atoms with Gasteiger partial charge in [0.2, 0.25) is 5.91 Å². The summed E-state index contributed by atoms with van der Waals surface area (Å²) in [6.45, 7) is 5.47. The minimum atomic E-state index is 0.134. The van der Waals surface area contributed by atoms with E-state index in [2.05, 4.69) is 4.90 Å². The second kappa shape index (κ2) is 7.68. The van der Waals surface area contributed by atoms with Crippen LogP contribution in [0.5, 0.6) is 0 Å². The van der Waals surface area contributed by atoms with E-state index in [-0.39, 0.29) is 18.6 Å². The van der Waals surface area contributed by atoms with Gasteiger partial charge in [-0.05, 0) is 38.5 Å². The second-order valence-electron chi connectivity index (χ2n) is 7.59. The summed E-state index contributed by atoms with van der Waals surface area (Å²) in [5.74, 6) is 0.134. The second-order valence-corrected chi connectivity index (χ2v) is 7.59. The molecule has 0 saturated carbocycles. The molecule has 0 unspecified atom stereocenters. The summed E-state index contributed by atoms with van der Waals surface area (Å²) in [5, 5.41) is 0. The van der Waals surface area contributed by atoms with Gasteiger partial charge in [0.1, 0.15) is 6.61 Å². The molecule has 0 bridgehead atoms. The first-order valence-electron chi connectivity index (χ1n) is 9.66. The minimum absolute atomic E-state index is 0.134. The maximum Gasteiger partial charge on any atom is 0.248 e. The summed E-state index contributed by atoms with van der Waals surface area (Å²) < 4.78 is 17.5. The summed E-state index contributed by atoms with van der Waals surface area (Å²) in [5.41, 5.74) is 0. The molecule has 4 fully saturated rings. The molecule has 0 spiro atoms. The van der Waals surface area contributed by atoms with Gasteiger partial charge >= 0.3 is 0 Å². The average molecular weight is 338 g/mol. The molecule has 136 valence electrons. The lowest BCUT2D eigenvalue weighted by Crippen LogP contribution is -2.47. The fourth-order valence-corrected chi connectivity index (χ4v) is 4.73. The Bertz CT molecular complexity index is 435. The Morgan fingerprint density at radius 1 is 1.08 bits per heavy atom. The molecular weight excluding hydrogens is 308 g/mol. The van der Waals surface area contributed by atoms with Gasteiger partial charge in [0.25, 0.3) is 0 Å². The Morgan fingerprint density at radius 2 is 1.96 bits per heavy atom. The number of amides is 1. The molecule has 24 heavy (non-hydrogen) atoms. The van der Waals surface area contributed by atoms with E-state index >= 15 is 0 Å². The zero-order valence-corrected chi connectivity index (χ0v) is 14.5. The zero-order valence-electron chi connectivity index (χ0n) is 14.5. The van der Waals surface area contributed by atoms with E-state index in [1.54, 1.807) is 0 Å². The lowest BCUT2D eigenvalue weighted by molar-refractivity contribution is -0.139. The molecule has 4 rings (SSSR count). The smallest absolute Gasteiger partial charge is 0.248 e. The van der Waals surface area contributed by atoms with Crippen molar-refractivity contribution in [2.45, 2.75) is 62.8 Å². The van der Waals surface area contributed by atoms with E-state index in [1.165, 1.54) is 6.42 Å². The van der Waals surface area contributed by atoms with Crippen LogP contribution in [0, 0.1) is 0 Å². The van der Waals surface area contributed by atoms with Gasteiger partial charge in [-0.3, -0.25) is 9.69 Å². The van der Waals surface area contributed by atoms with Crippen molar-refractivity contribution >= 4 is 5.91 Å². The molecule has 4 atom stereocenters. The lowest BCUT2D eigenvalue weighted by Gasteiger charge is -2.38. The number of fused-ring (bicyclic) bond motifs is 1. The lowest BCUT2D eigenvalue weighted by atomic mass is 9.98. The van der Waals surface area contributed by atoms with Crippen LogP contribution in [0.25, 0.3) is 0 Å². The molecule has 1 amide bonds. The van der Waals surface area contributed by atoms with Gasteiger partial charge in [-0.2, -0.15) is 0 Å². The molecule has 4 saturated heterocycles. The van der Waals surface area contributed by atoms with Crippen molar-refractivity contribution in [1.82, 2.24) is 9.80 Å². The number of carbonyl (C=O) groups is 1. The zero-order chi connectivity index (χ0) is 16.4. The van der Waals surface area contributed by atoms with Gasteiger partial charge in [0.15, 0.2) is 0 Å². The molecule has 4 aliphatic heterocycles. The summed E-state index contributed by atoms with van der Waals surface area (Å²) in [6.07, 6.45) is 7.23. The Hall–Kier alpha value is -0.690. The third kappa shape index (κ3) is 3.62. The van der Waals surface area contributed by atoms with Crippen LogP contribution < -0.4 is 0 Å². The maximum absolute atomic E-state index is 12.0. The Morgan fingerprint density at radius 3 is 2.75 bits per heavy atom. The summed E-state index contributed by atoms with van der Waals surface area (Å²) in [4.78, 5) is 16.5. The standard InChI is InChI=1S/C18H30N2O4/c21-18(19-7-1-2-8-19)13-23-12-15-3-4-16-17(24-15)5-9-20(16)14-6-10-22-11-14/h14-17H,1-13H2/t14-,15-,16+,17+/m1/s1. The summed E-state index contributed by atoms with van der Waals surface area (Å²) >= 11 is 0. The highest BCUT2D eigenvalue weighted by Gasteiger charge is 2.43. The third-order valence-corrected chi connectivity index (χ3v) is 6.04. The number of rotatable bonds is 5. The third-order valence-electron chi connectivity index (χ3n) is 6.04. The van der Waals surface area contributed by atoms with Crippen molar-refractivity contribution in [2.24, 2.45) is 0 Å². The van der Waals surface area contributed by atoms with Gasteiger partial charge in [-0.25, -0.2) is 0 Å². The van der Waals surface area contributed by atoms with Crippen molar-refractivity contribution in [3.8, 4) is 0 Å². The van der Waals surface area contributed by atoms with E-state index in [9.17, 15) is 4.79 Å². The number of hydrogen-bond donors (Lipinski definition) is 0. The quantitative estimate of drug-likeness (QED) is 0.750. The van der Waals surface area contributed by atoms with Crippen molar-refractivity contribution in [3.63, 3.8) is 0 Å². The van der Waals surface area contributed by atoms with Gasteiger partial charge in [-0.15, -0.1) is 0 Å². The first-order chi connectivity index (χ1) is 11.8. The van der Waals surface area contributed by atoms with E-state index in [0.29, 0.717) is 24.8 Å². The predicted molar refractivity (Wildman–Crippen MR) is 88.9 cm³/mol. The number of hydrogen-bond acceptors (Lipinski definition) is 5. The molecular formula is C18H30N2O4. The Kier molecular flexibility index (Phi) is 5.37. The van der Waals surface area contributed by atoms with Crippen molar-refractivity contribution < 1.29 is 19.0 Å². The fraction of sp³-hybridized carbons (Fsp3) is 0.944. The number of likely N-dealkylation sites (tertiary alicyclic amines) is 2. The van der Waals surface area contributed by atoms with Crippen LogP contribution in [-0.2, 0) is 19.0 Å². The van der Waals surface area contributed by atoms with E-state index in [4.69, 9.17) is 14.2 Å². The van der Waals surface area contributed by atoms with Crippen LogP contribution in [0.4, 0.5) is 0 Å². The van der Waals surface area contributed by atoms with Gasteiger partial charge in [0, 0.05) is 38.3 Å². The Balaban J connectivity index is 1.19. The van der Waals surface area contributed by atoms with Crippen molar-refractivity contribution in [1.29, 1.82) is 0 Å². The van der Waals surface area contributed by atoms with Crippen LogP contribution >= 0.6 is 0 Å². The topological polar surface area (TPSA) is 51.2 Å². The fourth-order valence-electron chi connectivity index (χ4n) is 4.73. The monoisotopic (exact) mass is 338 g/mol. The average Bonchev–Trinajstić information content (AvgIpc) is 3.34. The molecule has 4 heterocycles. The molecule has 4 aliphatic rings.